The maximum Gasteiger partial charge on any atom is 0.393 e. The van der Waals surface area contributed by atoms with Crippen molar-refractivity contribution in [1.82, 2.24) is 10.2 Å². The molecule has 0 saturated carbocycles. The molecule has 0 aromatic carbocycles. The van der Waals surface area contributed by atoms with Gasteiger partial charge in [0.25, 0.3) is 0 Å². The monoisotopic (exact) mass is 292 g/mol. The second-order valence-electron chi connectivity index (χ2n) is 6.15. The summed E-state index contributed by atoms with van der Waals surface area (Å²) in [7, 11) is 0. The third-order valence-electron chi connectivity index (χ3n) is 4.62. The highest BCUT2D eigenvalue weighted by Gasteiger charge is 2.43. The lowest BCUT2D eigenvalue weighted by atomic mass is 9.91. The number of nitrogens with zero attached hydrogens (tertiary/aromatic N) is 1. The molecular weight excluding hydrogens is 269 g/mol. The van der Waals surface area contributed by atoms with E-state index in [0.29, 0.717) is 0 Å². The lowest BCUT2D eigenvalue weighted by molar-refractivity contribution is -0.181. The van der Waals surface area contributed by atoms with Crippen LogP contribution in [0, 0.1) is 5.92 Å². The van der Waals surface area contributed by atoms with Gasteiger partial charge in [0.2, 0.25) is 5.91 Å². The van der Waals surface area contributed by atoms with Gasteiger partial charge in [0.1, 0.15) is 0 Å². The lowest BCUT2D eigenvalue weighted by Gasteiger charge is -2.42. The maximum atomic E-state index is 12.6. The first-order chi connectivity index (χ1) is 9.30. The first kappa shape index (κ1) is 15.6. The summed E-state index contributed by atoms with van der Waals surface area (Å²) < 4.78 is 37.8. The van der Waals surface area contributed by atoms with Gasteiger partial charge in [0, 0.05) is 18.6 Å². The van der Waals surface area contributed by atoms with Gasteiger partial charge in [-0.2, -0.15) is 13.2 Å². The van der Waals surface area contributed by atoms with E-state index in [2.05, 4.69) is 5.32 Å². The number of piperidine rings is 2. The summed E-state index contributed by atoms with van der Waals surface area (Å²) in [6, 6.07) is -0.0709. The molecule has 2 aliphatic heterocycles. The number of carbonyl (C=O) groups is 1. The van der Waals surface area contributed by atoms with Gasteiger partial charge in [-0.25, -0.2) is 0 Å². The van der Waals surface area contributed by atoms with Crippen LogP contribution in [0.2, 0.25) is 0 Å². The zero-order valence-electron chi connectivity index (χ0n) is 12.0. The molecule has 1 N–H and O–H groups in total. The van der Waals surface area contributed by atoms with E-state index in [1.807, 2.05) is 18.7 Å². The highest BCUT2D eigenvalue weighted by molar-refractivity contribution is 5.82. The minimum atomic E-state index is -4.16. The maximum absolute atomic E-state index is 12.6. The van der Waals surface area contributed by atoms with Gasteiger partial charge in [-0.15, -0.1) is 0 Å². The number of rotatable bonds is 1. The number of nitrogens with one attached hydrogen (secondary N) is 1. The van der Waals surface area contributed by atoms with E-state index < -0.39 is 18.1 Å². The van der Waals surface area contributed by atoms with Crippen molar-refractivity contribution in [1.29, 1.82) is 0 Å². The summed E-state index contributed by atoms with van der Waals surface area (Å²) in [4.78, 5) is 14.4. The summed E-state index contributed by atoms with van der Waals surface area (Å²) in [5.41, 5.74) is 0. The average Bonchev–Trinajstić information content (AvgIpc) is 2.37. The zero-order valence-corrected chi connectivity index (χ0v) is 12.0. The molecule has 0 spiro atoms. The Morgan fingerprint density at radius 3 is 2.15 bits per heavy atom. The van der Waals surface area contributed by atoms with Gasteiger partial charge >= 0.3 is 6.18 Å². The normalized spacial score (nSPS) is 36.0. The fraction of sp³-hybridized carbons (Fsp3) is 0.929. The fourth-order valence-electron chi connectivity index (χ4n) is 3.38. The van der Waals surface area contributed by atoms with Gasteiger partial charge in [0.15, 0.2) is 0 Å². The largest absolute Gasteiger partial charge is 0.393 e. The Hall–Kier alpha value is -0.780. The number of alkyl halides is 3. The zero-order chi connectivity index (χ0) is 14.9. The summed E-state index contributed by atoms with van der Waals surface area (Å²) in [6.07, 6.45) is -0.766. The molecule has 2 saturated heterocycles. The summed E-state index contributed by atoms with van der Waals surface area (Å²) >= 11 is 0. The first-order valence-corrected chi connectivity index (χ1v) is 7.43. The summed E-state index contributed by atoms with van der Waals surface area (Å²) in [5, 5.41) is 2.80. The Balaban J connectivity index is 1.94. The van der Waals surface area contributed by atoms with Crippen molar-refractivity contribution in [2.45, 2.75) is 70.3 Å². The molecule has 2 aliphatic rings. The summed E-state index contributed by atoms with van der Waals surface area (Å²) in [5.74, 6) is -1.34. The van der Waals surface area contributed by atoms with Gasteiger partial charge in [0.05, 0.1) is 12.0 Å². The van der Waals surface area contributed by atoms with Gasteiger partial charge in [-0.3, -0.25) is 4.79 Å². The highest BCUT2D eigenvalue weighted by atomic mass is 19.4. The Kier molecular flexibility index (Phi) is 4.62. The Labute approximate surface area is 117 Å². The van der Waals surface area contributed by atoms with Crippen LogP contribution in [0.15, 0.2) is 0 Å². The van der Waals surface area contributed by atoms with Crippen molar-refractivity contribution in [2.75, 3.05) is 6.54 Å². The minimum absolute atomic E-state index is 0.0228. The molecule has 3 nitrogen and oxygen atoms in total. The fourth-order valence-corrected chi connectivity index (χ4v) is 3.38. The molecule has 2 fully saturated rings. The van der Waals surface area contributed by atoms with E-state index >= 15 is 0 Å². The molecule has 2 heterocycles. The van der Waals surface area contributed by atoms with Crippen molar-refractivity contribution in [3.8, 4) is 0 Å². The summed E-state index contributed by atoms with van der Waals surface area (Å²) in [6.45, 7) is 3.90. The number of carbonyl (C=O) groups excluding carboxylic acids is 1. The Morgan fingerprint density at radius 1 is 1.10 bits per heavy atom. The molecule has 1 amide bonds. The molecule has 0 aromatic rings. The first-order valence-electron chi connectivity index (χ1n) is 7.43. The van der Waals surface area contributed by atoms with E-state index in [-0.39, 0.29) is 37.4 Å². The molecule has 6 heteroatoms. The van der Waals surface area contributed by atoms with E-state index in [1.165, 1.54) is 0 Å². The third kappa shape index (κ3) is 3.27. The second kappa shape index (κ2) is 5.92. The number of halogens is 3. The van der Waals surface area contributed by atoms with Crippen LogP contribution in [0.25, 0.3) is 0 Å². The number of amides is 1. The predicted molar refractivity (Wildman–Crippen MR) is 70.2 cm³/mol. The van der Waals surface area contributed by atoms with Crippen LogP contribution in [0.1, 0.15) is 46.0 Å². The third-order valence-corrected chi connectivity index (χ3v) is 4.62. The van der Waals surface area contributed by atoms with Gasteiger partial charge in [-0.1, -0.05) is 0 Å². The topological polar surface area (TPSA) is 32.3 Å². The minimum Gasteiger partial charge on any atom is -0.336 e. The van der Waals surface area contributed by atoms with Crippen LogP contribution in [-0.4, -0.2) is 41.7 Å². The quantitative estimate of drug-likeness (QED) is 0.806. The molecule has 2 unspecified atom stereocenters. The van der Waals surface area contributed by atoms with Crippen LogP contribution >= 0.6 is 0 Å². The van der Waals surface area contributed by atoms with Gasteiger partial charge in [-0.05, 0) is 46.0 Å². The van der Waals surface area contributed by atoms with Crippen LogP contribution in [-0.2, 0) is 4.79 Å². The molecule has 4 atom stereocenters. The van der Waals surface area contributed by atoms with Crippen LogP contribution < -0.4 is 5.32 Å². The van der Waals surface area contributed by atoms with Crippen LogP contribution in [0.5, 0.6) is 0 Å². The van der Waals surface area contributed by atoms with E-state index in [0.717, 1.165) is 19.3 Å². The predicted octanol–water partition coefficient (Wildman–Crippen LogP) is 2.71. The average molecular weight is 292 g/mol. The standard InChI is InChI=1S/C14H23F3N2O/c1-9-4-3-5-10(2)19(9)13(20)12-7-6-11(8-18-12)14(15,16)17/h9-12,18H,3-8H2,1-2H3/t9-,10+,11?,12?. The second-order valence-corrected chi connectivity index (χ2v) is 6.15. The van der Waals surface area contributed by atoms with Gasteiger partial charge < -0.3 is 10.2 Å². The molecule has 2 rings (SSSR count). The molecule has 20 heavy (non-hydrogen) atoms. The van der Waals surface area contributed by atoms with Crippen molar-refractivity contribution in [2.24, 2.45) is 5.92 Å². The van der Waals surface area contributed by atoms with Crippen LogP contribution in [0.3, 0.4) is 0 Å². The molecule has 0 bridgehead atoms. The highest BCUT2D eigenvalue weighted by Crippen LogP contribution is 2.33. The lowest BCUT2D eigenvalue weighted by Crippen LogP contribution is -2.57. The van der Waals surface area contributed by atoms with Crippen molar-refractivity contribution >= 4 is 5.91 Å². The molecule has 116 valence electrons. The van der Waals surface area contributed by atoms with Crippen molar-refractivity contribution in [3.63, 3.8) is 0 Å². The molecule has 0 radical (unpaired) electrons. The SMILES string of the molecule is C[C@@H]1CCC[C@H](C)N1C(=O)C1CCC(C(F)(F)F)CN1. The smallest absolute Gasteiger partial charge is 0.336 e. The van der Waals surface area contributed by atoms with Crippen LogP contribution in [0.4, 0.5) is 13.2 Å². The van der Waals surface area contributed by atoms with E-state index in [1.54, 1.807) is 0 Å². The number of hydrogen-bond acceptors (Lipinski definition) is 2. The van der Waals surface area contributed by atoms with E-state index in [4.69, 9.17) is 0 Å². The molecule has 0 aliphatic carbocycles. The Morgan fingerprint density at radius 2 is 1.70 bits per heavy atom. The molecular formula is C14H23F3N2O. The number of hydrogen-bond donors (Lipinski definition) is 1. The van der Waals surface area contributed by atoms with Crippen molar-refractivity contribution in [3.05, 3.63) is 0 Å². The van der Waals surface area contributed by atoms with Crippen molar-refractivity contribution < 1.29 is 18.0 Å². The van der Waals surface area contributed by atoms with E-state index in [9.17, 15) is 18.0 Å². The number of likely N-dealkylation sites (tertiary alicyclic amines) is 1. The Bertz CT molecular complexity index is 341. The molecule has 0 aromatic heterocycles.